The van der Waals surface area contributed by atoms with Crippen LogP contribution in [0.4, 0.5) is 5.82 Å². The van der Waals surface area contributed by atoms with Crippen LogP contribution in [0, 0.1) is 19.8 Å². The first kappa shape index (κ1) is 39.1. The van der Waals surface area contributed by atoms with E-state index in [1.165, 1.54) is 0 Å². The molecule has 5 heterocycles. The predicted molar refractivity (Wildman–Crippen MR) is 207 cm³/mol. The number of aryl methyl sites for hydroxylation is 3. The van der Waals surface area contributed by atoms with Crippen molar-refractivity contribution < 1.29 is 28.3 Å². The van der Waals surface area contributed by atoms with Crippen molar-refractivity contribution in [3.05, 3.63) is 51.4 Å². The van der Waals surface area contributed by atoms with Gasteiger partial charge in [0.25, 0.3) is 5.91 Å². The average molecular weight is 765 g/mol. The molecule has 1 aromatic carbocycles. The molecule has 14 nitrogen and oxygen atoms in total. The molecule has 2 aliphatic heterocycles. The Kier molecular flexibility index (Phi) is 12.8. The fourth-order valence-corrected chi connectivity index (χ4v) is 7.86. The molecule has 3 aromatic heterocycles. The fourth-order valence-electron chi connectivity index (χ4n) is 7.65. The highest BCUT2D eigenvalue weighted by Gasteiger charge is 2.29. The molecule has 1 saturated heterocycles. The van der Waals surface area contributed by atoms with E-state index in [1.54, 1.807) is 40.1 Å². The number of hydrogen-bond donors (Lipinski definition) is 2. The maximum Gasteiger partial charge on any atom is 0.259 e. The van der Waals surface area contributed by atoms with Crippen molar-refractivity contribution in [1.82, 2.24) is 35.2 Å². The molecule has 15 heteroatoms. The Balaban J connectivity index is 1.40. The Morgan fingerprint density at radius 1 is 1.02 bits per heavy atom. The quantitative estimate of drug-likeness (QED) is 0.211. The molecule has 2 aliphatic rings. The Morgan fingerprint density at radius 2 is 1.81 bits per heavy atom. The first-order chi connectivity index (χ1) is 26.1. The first-order valence-electron chi connectivity index (χ1n) is 19.0. The van der Waals surface area contributed by atoms with E-state index < -0.39 is 0 Å². The number of aromatic nitrogens is 4. The maximum absolute atomic E-state index is 13.8. The molecule has 292 valence electrons. The predicted octanol–water partition coefficient (Wildman–Crippen LogP) is 5.86. The summed E-state index contributed by atoms with van der Waals surface area (Å²) in [6, 6.07) is 4.05. The summed E-state index contributed by atoms with van der Waals surface area (Å²) < 4.78 is 22.7. The molecule has 1 unspecified atom stereocenters. The van der Waals surface area contributed by atoms with Crippen LogP contribution in [0.1, 0.15) is 84.3 Å². The number of piperidine rings is 1. The topological polar surface area (TPSA) is 151 Å². The molecule has 54 heavy (non-hydrogen) atoms. The second-order valence-electron chi connectivity index (χ2n) is 14.3. The van der Waals surface area contributed by atoms with E-state index in [0.717, 1.165) is 78.9 Å². The molecule has 2 amide bonds. The van der Waals surface area contributed by atoms with Gasteiger partial charge in [0.1, 0.15) is 23.0 Å². The Bertz CT molecular complexity index is 1930. The number of nitrogens with one attached hydrogen (secondary N) is 2. The number of H-pyrrole nitrogens is 1. The smallest absolute Gasteiger partial charge is 0.259 e. The summed E-state index contributed by atoms with van der Waals surface area (Å²) in [6.07, 6.45) is 6.24. The van der Waals surface area contributed by atoms with Gasteiger partial charge in [-0.1, -0.05) is 30.1 Å². The highest BCUT2D eigenvalue weighted by atomic mass is 35.5. The number of halogens is 1. The average Bonchev–Trinajstić information content (AvgIpc) is 3.70. The van der Waals surface area contributed by atoms with Crippen LogP contribution in [-0.2, 0) is 24.3 Å². The van der Waals surface area contributed by atoms with Crippen molar-refractivity contribution in [1.29, 1.82) is 0 Å². The van der Waals surface area contributed by atoms with E-state index in [1.807, 2.05) is 6.07 Å². The van der Waals surface area contributed by atoms with Gasteiger partial charge in [-0.25, -0.2) is 9.97 Å². The largest absolute Gasteiger partial charge is 0.493 e. The SMILES string of the molecule is CCCCc1nc(Cl)c(CN2CCCCN(C(=O)c3c(C)noc3C)CC(=O)NCC3CCCN(C3)c3nc4cc(OC)c(OC)c(OC)c4cc3C2)[nH]1. The van der Waals surface area contributed by atoms with E-state index in [2.05, 4.69) is 43.2 Å². The van der Waals surface area contributed by atoms with Crippen LogP contribution in [0.5, 0.6) is 17.2 Å². The lowest BCUT2D eigenvalue weighted by molar-refractivity contribution is -0.122. The van der Waals surface area contributed by atoms with Gasteiger partial charge in [-0.2, -0.15) is 0 Å². The third kappa shape index (κ3) is 8.70. The maximum atomic E-state index is 13.8. The summed E-state index contributed by atoms with van der Waals surface area (Å²) in [4.78, 5) is 47.0. The molecule has 6 rings (SSSR count). The highest BCUT2D eigenvalue weighted by Crippen LogP contribution is 2.44. The monoisotopic (exact) mass is 764 g/mol. The molecule has 0 radical (unpaired) electrons. The number of benzene rings is 1. The second kappa shape index (κ2) is 17.7. The van der Waals surface area contributed by atoms with Crippen LogP contribution in [-0.4, -0.2) is 102 Å². The van der Waals surface area contributed by atoms with Crippen molar-refractivity contribution in [3.63, 3.8) is 0 Å². The van der Waals surface area contributed by atoms with Crippen LogP contribution in [0.3, 0.4) is 0 Å². The number of imidazole rings is 1. The summed E-state index contributed by atoms with van der Waals surface area (Å²) in [5.74, 6) is 3.57. The van der Waals surface area contributed by atoms with Crippen molar-refractivity contribution in [2.75, 3.05) is 65.5 Å². The van der Waals surface area contributed by atoms with Crippen LogP contribution in [0.2, 0.25) is 5.15 Å². The molecule has 0 spiro atoms. The third-order valence-corrected chi connectivity index (χ3v) is 10.7. The van der Waals surface area contributed by atoms with Crippen LogP contribution < -0.4 is 24.4 Å². The van der Waals surface area contributed by atoms with Gasteiger partial charge < -0.3 is 38.8 Å². The molecule has 1 atom stereocenters. The van der Waals surface area contributed by atoms with Gasteiger partial charge in [-0.05, 0) is 64.5 Å². The van der Waals surface area contributed by atoms with Crippen LogP contribution >= 0.6 is 11.6 Å². The molecule has 0 aliphatic carbocycles. The minimum Gasteiger partial charge on any atom is -0.493 e. The van der Waals surface area contributed by atoms with Crippen LogP contribution in [0.15, 0.2) is 16.7 Å². The molecule has 4 aromatic rings. The van der Waals surface area contributed by atoms with Crippen molar-refractivity contribution in [3.8, 4) is 17.2 Å². The number of amides is 2. The third-order valence-electron chi connectivity index (χ3n) is 10.4. The van der Waals surface area contributed by atoms with Crippen LogP contribution in [0.25, 0.3) is 10.9 Å². The van der Waals surface area contributed by atoms with Crippen molar-refractivity contribution >= 4 is 40.1 Å². The molecule has 2 bridgehead atoms. The zero-order valence-electron chi connectivity index (χ0n) is 32.3. The zero-order valence-corrected chi connectivity index (χ0v) is 33.1. The summed E-state index contributed by atoms with van der Waals surface area (Å²) in [5.41, 5.74) is 3.55. The van der Waals surface area contributed by atoms with Gasteiger partial charge in [-0.3, -0.25) is 14.5 Å². The Hall–Kier alpha value is -4.56. The number of ether oxygens (including phenoxy) is 3. The number of fused-ring (bicyclic) bond motifs is 5. The first-order valence-corrected chi connectivity index (χ1v) is 19.3. The van der Waals surface area contributed by atoms with Gasteiger partial charge in [-0.15, -0.1) is 0 Å². The van der Waals surface area contributed by atoms with Gasteiger partial charge in [0.2, 0.25) is 11.7 Å². The summed E-state index contributed by atoms with van der Waals surface area (Å²) in [7, 11) is 4.83. The lowest BCUT2D eigenvalue weighted by atomic mass is 9.97. The Morgan fingerprint density at radius 3 is 2.54 bits per heavy atom. The van der Waals surface area contributed by atoms with Gasteiger partial charge >= 0.3 is 0 Å². The summed E-state index contributed by atoms with van der Waals surface area (Å²) in [5, 5.41) is 8.42. The second-order valence-corrected chi connectivity index (χ2v) is 14.7. The van der Waals surface area contributed by atoms with Gasteiger partial charge in [0.05, 0.1) is 44.8 Å². The molecule has 1 fully saturated rings. The van der Waals surface area contributed by atoms with Gasteiger partial charge in [0.15, 0.2) is 16.7 Å². The fraction of sp³-hybridized carbons (Fsp3) is 0.564. The Labute approximate surface area is 321 Å². The number of unbranched alkanes of at least 4 members (excludes halogenated alkanes) is 1. The molecular weight excluding hydrogens is 712 g/mol. The van der Waals surface area contributed by atoms with E-state index in [4.69, 9.17) is 35.3 Å². The number of anilines is 1. The van der Waals surface area contributed by atoms with Gasteiger partial charge in [0, 0.05) is 62.7 Å². The molecular formula is C39H53ClN8O6. The lowest BCUT2D eigenvalue weighted by Crippen LogP contribution is -2.45. The number of hydrogen-bond acceptors (Lipinski definition) is 11. The van der Waals surface area contributed by atoms with E-state index in [-0.39, 0.29) is 24.3 Å². The standard InChI is InChI=1S/C39H53ClN8O6/c1-7-8-13-32-42-30(37(40)44-32)22-46-14-9-10-15-48(39(50)34-24(2)45-54-25(34)3)23-33(49)41-19-26-12-11-16-47(20-26)38-27(21-46)17-28-29(43-38)18-31(51-4)36(53-6)35(28)52-5/h17-18,26H,7-16,19-23H2,1-6H3,(H,41,49)(H,42,44). The molecule has 2 N–H and O–H groups in total. The summed E-state index contributed by atoms with van der Waals surface area (Å²) in [6.45, 7) is 9.80. The van der Waals surface area contributed by atoms with E-state index in [9.17, 15) is 9.59 Å². The van der Waals surface area contributed by atoms with Crippen molar-refractivity contribution in [2.24, 2.45) is 5.92 Å². The number of pyridine rings is 1. The minimum atomic E-state index is -0.250. The lowest BCUT2D eigenvalue weighted by Gasteiger charge is -2.36. The number of rotatable bonds is 9. The number of carbonyl (C=O) groups is 2. The molecule has 0 saturated carbocycles. The number of methoxy groups -OCH3 is 3. The van der Waals surface area contributed by atoms with E-state index in [0.29, 0.717) is 85.1 Å². The normalized spacial score (nSPS) is 17.7. The number of nitrogens with zero attached hydrogens (tertiary/aromatic N) is 6. The highest BCUT2D eigenvalue weighted by molar-refractivity contribution is 6.30. The summed E-state index contributed by atoms with van der Waals surface area (Å²) >= 11 is 6.76. The minimum absolute atomic E-state index is 0.0448. The van der Waals surface area contributed by atoms with E-state index >= 15 is 0 Å². The zero-order chi connectivity index (χ0) is 38.4. The number of aromatic amines is 1. The van der Waals surface area contributed by atoms with Crippen molar-refractivity contribution in [2.45, 2.75) is 78.8 Å². The number of carbonyl (C=O) groups excluding carboxylic acids is 2.